The molecule has 0 fully saturated rings. The van der Waals surface area contributed by atoms with Crippen molar-refractivity contribution in [1.29, 1.82) is 0 Å². The number of hydrogen-bond acceptors (Lipinski definition) is 3. The maximum Gasteiger partial charge on any atom is 0.323 e. The van der Waals surface area contributed by atoms with Gasteiger partial charge in [0.1, 0.15) is 0 Å². The van der Waals surface area contributed by atoms with E-state index in [2.05, 4.69) is 15.4 Å². The quantitative estimate of drug-likeness (QED) is 0.516. The molecule has 0 atom stereocenters. The van der Waals surface area contributed by atoms with Gasteiger partial charge in [0.2, 0.25) is 0 Å². The molecule has 3 aromatic rings. The maximum absolute atomic E-state index is 12.9. The van der Waals surface area contributed by atoms with Crippen LogP contribution in [0.15, 0.2) is 65.6 Å². The predicted octanol–water partition coefficient (Wildman–Crippen LogP) is 5.37. The summed E-state index contributed by atoms with van der Waals surface area (Å²) in [5.41, 5.74) is 5.26. The Balaban J connectivity index is 1.80. The first-order chi connectivity index (χ1) is 14.1. The highest BCUT2D eigenvalue weighted by molar-refractivity contribution is 7.92. The van der Waals surface area contributed by atoms with Crippen LogP contribution in [0.25, 0.3) is 0 Å². The lowest BCUT2D eigenvalue weighted by molar-refractivity contribution is 0.262. The van der Waals surface area contributed by atoms with Crippen molar-refractivity contribution in [2.24, 2.45) is 0 Å². The molecule has 0 bridgehead atoms. The summed E-state index contributed by atoms with van der Waals surface area (Å²) in [7, 11) is -3.81. The summed E-state index contributed by atoms with van der Waals surface area (Å²) in [5, 5.41) is 5.49. The number of benzene rings is 3. The maximum atomic E-state index is 12.9. The molecule has 0 saturated heterocycles. The van der Waals surface area contributed by atoms with Crippen LogP contribution in [0, 0.1) is 27.7 Å². The van der Waals surface area contributed by atoms with Crippen LogP contribution in [0.3, 0.4) is 0 Å². The van der Waals surface area contributed by atoms with E-state index in [-0.39, 0.29) is 4.90 Å². The molecule has 0 aliphatic heterocycles. The van der Waals surface area contributed by atoms with E-state index in [1.54, 1.807) is 25.1 Å². The number of amides is 2. The van der Waals surface area contributed by atoms with Crippen LogP contribution in [-0.4, -0.2) is 14.4 Å². The van der Waals surface area contributed by atoms with Gasteiger partial charge in [0.05, 0.1) is 10.6 Å². The average molecular weight is 424 g/mol. The highest BCUT2D eigenvalue weighted by Crippen LogP contribution is 2.24. The van der Waals surface area contributed by atoms with Crippen LogP contribution < -0.4 is 15.4 Å². The summed E-state index contributed by atoms with van der Waals surface area (Å²) >= 11 is 0. The second-order valence-corrected chi connectivity index (χ2v) is 9.03. The minimum atomic E-state index is -3.81. The highest BCUT2D eigenvalue weighted by atomic mass is 32.2. The fourth-order valence-corrected chi connectivity index (χ4v) is 4.20. The van der Waals surface area contributed by atoms with Crippen molar-refractivity contribution >= 4 is 33.1 Å². The van der Waals surface area contributed by atoms with Gasteiger partial charge in [-0.3, -0.25) is 4.72 Å². The van der Waals surface area contributed by atoms with Gasteiger partial charge in [0, 0.05) is 11.4 Å². The molecule has 6 nitrogen and oxygen atoms in total. The summed E-state index contributed by atoms with van der Waals surface area (Å²) in [4.78, 5) is 12.5. The van der Waals surface area contributed by atoms with Gasteiger partial charge in [-0.1, -0.05) is 35.9 Å². The second-order valence-electron chi connectivity index (χ2n) is 7.35. The molecule has 30 heavy (non-hydrogen) atoms. The summed E-state index contributed by atoms with van der Waals surface area (Å²) < 4.78 is 28.4. The fraction of sp³-hybridized carbons (Fsp3) is 0.174. The number of aryl methyl sites for hydroxylation is 4. The number of sulfonamides is 1. The molecule has 3 rings (SSSR count). The van der Waals surface area contributed by atoms with E-state index in [0.29, 0.717) is 17.1 Å². The molecule has 0 aromatic heterocycles. The van der Waals surface area contributed by atoms with Crippen molar-refractivity contribution in [3.8, 4) is 0 Å². The third-order valence-electron chi connectivity index (χ3n) is 4.67. The predicted molar refractivity (Wildman–Crippen MR) is 122 cm³/mol. The van der Waals surface area contributed by atoms with Gasteiger partial charge >= 0.3 is 6.03 Å². The zero-order valence-electron chi connectivity index (χ0n) is 17.4. The standard InChI is InChI=1S/C23H25N3O3S/c1-15-6-5-7-19(13-15)24-23(27)25-22-14-20(10-9-17(22)3)30(28,29)26-21-11-8-16(2)12-18(21)4/h5-14,26H,1-4H3,(H2,24,25,27). The monoisotopic (exact) mass is 423 g/mol. The van der Waals surface area contributed by atoms with Gasteiger partial charge in [-0.15, -0.1) is 0 Å². The Morgan fingerprint density at radius 2 is 1.47 bits per heavy atom. The van der Waals surface area contributed by atoms with Crippen LogP contribution >= 0.6 is 0 Å². The molecular formula is C23H25N3O3S. The number of hydrogen-bond donors (Lipinski definition) is 3. The number of anilines is 3. The fourth-order valence-electron chi connectivity index (χ4n) is 3.04. The largest absolute Gasteiger partial charge is 0.323 e. The molecule has 0 heterocycles. The Bertz CT molecular complexity index is 1200. The lowest BCUT2D eigenvalue weighted by atomic mass is 10.1. The molecule has 0 radical (unpaired) electrons. The Morgan fingerprint density at radius 3 is 2.17 bits per heavy atom. The normalized spacial score (nSPS) is 11.1. The van der Waals surface area contributed by atoms with E-state index < -0.39 is 16.1 Å². The summed E-state index contributed by atoms with van der Waals surface area (Å²) in [5.74, 6) is 0. The molecular weight excluding hydrogens is 398 g/mol. The van der Waals surface area contributed by atoms with E-state index in [0.717, 1.165) is 22.3 Å². The molecule has 7 heteroatoms. The molecule has 3 aromatic carbocycles. The second kappa shape index (κ2) is 8.59. The van der Waals surface area contributed by atoms with E-state index in [4.69, 9.17) is 0 Å². The van der Waals surface area contributed by atoms with Crippen molar-refractivity contribution in [2.45, 2.75) is 32.6 Å². The zero-order valence-corrected chi connectivity index (χ0v) is 18.2. The smallest absolute Gasteiger partial charge is 0.308 e. The zero-order chi connectivity index (χ0) is 21.9. The summed E-state index contributed by atoms with van der Waals surface area (Å²) in [6, 6.07) is 17.1. The Morgan fingerprint density at radius 1 is 0.733 bits per heavy atom. The summed E-state index contributed by atoms with van der Waals surface area (Å²) in [6.07, 6.45) is 0. The van der Waals surface area contributed by atoms with Gasteiger partial charge in [0.25, 0.3) is 10.0 Å². The first-order valence-electron chi connectivity index (χ1n) is 9.49. The van der Waals surface area contributed by atoms with Crippen molar-refractivity contribution < 1.29 is 13.2 Å². The van der Waals surface area contributed by atoms with E-state index in [9.17, 15) is 13.2 Å². The molecule has 0 saturated carbocycles. The first kappa shape index (κ1) is 21.4. The minimum absolute atomic E-state index is 0.0685. The van der Waals surface area contributed by atoms with Gasteiger partial charge in [-0.25, -0.2) is 13.2 Å². The van der Waals surface area contributed by atoms with Crippen molar-refractivity contribution in [1.82, 2.24) is 0 Å². The van der Waals surface area contributed by atoms with Crippen molar-refractivity contribution in [2.75, 3.05) is 15.4 Å². The number of urea groups is 1. The van der Waals surface area contributed by atoms with Crippen molar-refractivity contribution in [3.63, 3.8) is 0 Å². The number of carbonyl (C=O) groups is 1. The van der Waals surface area contributed by atoms with E-state index in [1.165, 1.54) is 12.1 Å². The summed E-state index contributed by atoms with van der Waals surface area (Å²) in [6.45, 7) is 7.54. The SMILES string of the molecule is Cc1cccc(NC(=O)Nc2cc(S(=O)(=O)Nc3ccc(C)cc3C)ccc2C)c1. The third-order valence-corrected chi connectivity index (χ3v) is 6.03. The highest BCUT2D eigenvalue weighted by Gasteiger charge is 2.17. The third kappa shape index (κ3) is 5.18. The van der Waals surface area contributed by atoms with Gasteiger partial charge in [-0.2, -0.15) is 0 Å². The molecule has 0 aliphatic carbocycles. The van der Waals surface area contributed by atoms with Crippen molar-refractivity contribution in [3.05, 3.63) is 82.9 Å². The van der Waals surface area contributed by atoms with Crippen LogP contribution in [0.1, 0.15) is 22.3 Å². The lowest BCUT2D eigenvalue weighted by Crippen LogP contribution is -2.20. The molecule has 2 amide bonds. The van der Waals surface area contributed by atoms with Crippen LogP contribution in [0.2, 0.25) is 0 Å². The lowest BCUT2D eigenvalue weighted by Gasteiger charge is -2.14. The average Bonchev–Trinajstić information content (AvgIpc) is 2.65. The van der Waals surface area contributed by atoms with E-state index >= 15 is 0 Å². The topological polar surface area (TPSA) is 87.3 Å². The Labute approximate surface area is 177 Å². The molecule has 0 aliphatic rings. The number of carbonyl (C=O) groups excluding carboxylic acids is 1. The van der Waals surface area contributed by atoms with Crippen LogP contribution in [-0.2, 0) is 10.0 Å². The molecule has 0 spiro atoms. The van der Waals surface area contributed by atoms with Gasteiger partial charge in [0.15, 0.2) is 0 Å². The van der Waals surface area contributed by atoms with Crippen LogP contribution in [0.4, 0.5) is 21.9 Å². The van der Waals surface area contributed by atoms with Gasteiger partial charge in [-0.05, 0) is 74.7 Å². The molecule has 3 N–H and O–H groups in total. The number of rotatable bonds is 5. The molecule has 0 unspecified atom stereocenters. The Kier molecular flexibility index (Phi) is 6.12. The Hall–Kier alpha value is -3.32. The van der Waals surface area contributed by atoms with Crippen LogP contribution in [0.5, 0.6) is 0 Å². The number of nitrogens with one attached hydrogen (secondary N) is 3. The van der Waals surface area contributed by atoms with E-state index in [1.807, 2.05) is 51.1 Å². The first-order valence-corrected chi connectivity index (χ1v) is 11.0. The molecule has 156 valence electrons. The minimum Gasteiger partial charge on any atom is -0.308 e. The van der Waals surface area contributed by atoms with Gasteiger partial charge < -0.3 is 10.6 Å².